The number of amides is 1. The molecule has 4 aromatic rings. The first-order valence-electron chi connectivity index (χ1n) is 10.1. The highest BCUT2D eigenvalue weighted by Gasteiger charge is 2.25. The van der Waals surface area contributed by atoms with Crippen molar-refractivity contribution in [1.82, 2.24) is 24.6 Å². The van der Waals surface area contributed by atoms with Crippen LogP contribution < -0.4 is 0 Å². The lowest BCUT2D eigenvalue weighted by atomic mass is 10.1. The van der Waals surface area contributed by atoms with Gasteiger partial charge in [0.25, 0.3) is 11.7 Å². The monoisotopic (exact) mass is 413 g/mol. The highest BCUT2D eigenvalue weighted by molar-refractivity contribution is 6.42. The maximum atomic E-state index is 13.1. The van der Waals surface area contributed by atoms with Crippen LogP contribution in [-0.2, 0) is 17.8 Å². The summed E-state index contributed by atoms with van der Waals surface area (Å²) in [6.07, 6.45) is 6.99. The normalized spacial score (nSPS) is 10.7. The van der Waals surface area contributed by atoms with Gasteiger partial charge in [-0.25, -0.2) is 9.67 Å². The second kappa shape index (κ2) is 9.21. The number of hydrogen-bond donors (Lipinski definition) is 1. The molecule has 0 saturated heterocycles. The lowest BCUT2D eigenvalue weighted by Gasteiger charge is -2.21. The molecule has 0 aliphatic heterocycles. The van der Waals surface area contributed by atoms with Crippen molar-refractivity contribution in [2.45, 2.75) is 19.9 Å². The van der Waals surface area contributed by atoms with E-state index < -0.39 is 11.7 Å². The van der Waals surface area contributed by atoms with Crippen molar-refractivity contribution >= 4 is 11.7 Å². The summed E-state index contributed by atoms with van der Waals surface area (Å²) in [4.78, 5) is 34.8. The van der Waals surface area contributed by atoms with Crippen molar-refractivity contribution in [1.29, 1.82) is 0 Å². The maximum absolute atomic E-state index is 13.1. The summed E-state index contributed by atoms with van der Waals surface area (Å²) >= 11 is 0. The molecular formula is C24H23N5O2. The first kappa shape index (κ1) is 20.3. The fourth-order valence-corrected chi connectivity index (χ4v) is 3.39. The number of benzene rings is 2. The molecule has 1 N–H and O–H groups in total. The van der Waals surface area contributed by atoms with Crippen LogP contribution in [0.3, 0.4) is 0 Å². The van der Waals surface area contributed by atoms with Crippen LogP contribution in [0.4, 0.5) is 0 Å². The van der Waals surface area contributed by atoms with Gasteiger partial charge in [0, 0.05) is 25.1 Å². The van der Waals surface area contributed by atoms with Gasteiger partial charge in [0.15, 0.2) is 0 Å². The fourth-order valence-electron chi connectivity index (χ4n) is 3.39. The Morgan fingerprint density at radius 2 is 1.84 bits per heavy atom. The fraction of sp³-hybridized carbons (Fsp3) is 0.167. The number of imidazole rings is 1. The standard InChI is InChI=1S/C24H23N5O2/c1-18-7-5-6-8-19(18)11-14-28(17-22-25-12-13-26-22)24(31)23(30)20-15-27-29(16-20)21-9-3-2-4-10-21/h2-10,12-13,15-16H,11,14,17H2,1H3,(H,25,26). The van der Waals surface area contributed by atoms with Crippen LogP contribution >= 0.6 is 0 Å². The molecule has 0 radical (unpaired) electrons. The molecule has 2 aromatic heterocycles. The molecule has 4 rings (SSSR count). The number of hydrogen-bond acceptors (Lipinski definition) is 4. The van der Waals surface area contributed by atoms with Gasteiger partial charge in [-0.2, -0.15) is 5.10 Å². The minimum atomic E-state index is -0.585. The Morgan fingerprint density at radius 1 is 1.06 bits per heavy atom. The van der Waals surface area contributed by atoms with E-state index >= 15 is 0 Å². The van der Waals surface area contributed by atoms with Crippen molar-refractivity contribution in [2.24, 2.45) is 0 Å². The molecule has 0 atom stereocenters. The van der Waals surface area contributed by atoms with Gasteiger partial charge in [-0.3, -0.25) is 9.59 Å². The molecule has 0 aliphatic rings. The number of Topliss-reactive ketones (excluding diaryl/α,β-unsaturated/α-hetero) is 1. The highest BCUT2D eigenvalue weighted by atomic mass is 16.2. The van der Waals surface area contributed by atoms with E-state index in [1.807, 2.05) is 61.5 Å². The van der Waals surface area contributed by atoms with Crippen LogP contribution in [0.2, 0.25) is 0 Å². The minimum Gasteiger partial charge on any atom is -0.347 e. The number of ketones is 1. The Balaban J connectivity index is 1.52. The van der Waals surface area contributed by atoms with Crippen molar-refractivity contribution in [2.75, 3.05) is 6.54 Å². The summed E-state index contributed by atoms with van der Waals surface area (Å²) in [7, 11) is 0. The largest absolute Gasteiger partial charge is 0.347 e. The molecule has 7 nitrogen and oxygen atoms in total. The molecule has 7 heteroatoms. The number of aromatic nitrogens is 4. The van der Waals surface area contributed by atoms with Crippen molar-refractivity contribution in [3.63, 3.8) is 0 Å². The average molecular weight is 413 g/mol. The van der Waals surface area contributed by atoms with Crippen LogP contribution in [0.25, 0.3) is 5.69 Å². The van der Waals surface area contributed by atoms with E-state index in [0.717, 1.165) is 16.8 Å². The Labute approximate surface area is 180 Å². The second-order valence-electron chi connectivity index (χ2n) is 7.28. The Morgan fingerprint density at radius 3 is 2.58 bits per heavy atom. The van der Waals surface area contributed by atoms with E-state index in [-0.39, 0.29) is 12.1 Å². The quantitative estimate of drug-likeness (QED) is 0.355. The summed E-state index contributed by atoms with van der Waals surface area (Å²) in [6, 6.07) is 17.5. The zero-order valence-corrected chi connectivity index (χ0v) is 17.2. The van der Waals surface area contributed by atoms with Crippen LogP contribution in [0.5, 0.6) is 0 Å². The van der Waals surface area contributed by atoms with E-state index in [2.05, 4.69) is 15.1 Å². The van der Waals surface area contributed by atoms with Crippen LogP contribution in [0, 0.1) is 6.92 Å². The smallest absolute Gasteiger partial charge is 0.295 e. The Hall–Kier alpha value is -4.00. The van der Waals surface area contributed by atoms with Gasteiger partial charge in [-0.15, -0.1) is 0 Å². The number of para-hydroxylation sites is 1. The summed E-state index contributed by atoms with van der Waals surface area (Å²) < 4.78 is 1.59. The van der Waals surface area contributed by atoms with Crippen LogP contribution in [0.15, 0.2) is 79.4 Å². The van der Waals surface area contributed by atoms with Gasteiger partial charge in [-0.1, -0.05) is 42.5 Å². The first-order valence-corrected chi connectivity index (χ1v) is 10.1. The number of H-pyrrole nitrogens is 1. The number of nitrogens with one attached hydrogen (secondary N) is 1. The summed E-state index contributed by atoms with van der Waals surface area (Å²) in [5.41, 5.74) is 3.38. The third kappa shape index (κ3) is 4.78. The summed E-state index contributed by atoms with van der Waals surface area (Å²) in [6.45, 7) is 2.68. The third-order valence-electron chi connectivity index (χ3n) is 5.15. The molecule has 2 aromatic carbocycles. The van der Waals surface area contributed by atoms with Crippen molar-refractivity contribution < 1.29 is 9.59 Å². The van der Waals surface area contributed by atoms with E-state index in [0.29, 0.717) is 18.8 Å². The summed E-state index contributed by atoms with van der Waals surface area (Å²) in [5.74, 6) is -0.526. The lowest BCUT2D eigenvalue weighted by Crippen LogP contribution is -2.38. The zero-order valence-electron chi connectivity index (χ0n) is 17.2. The average Bonchev–Trinajstić information content (AvgIpc) is 3.49. The second-order valence-corrected chi connectivity index (χ2v) is 7.28. The molecular weight excluding hydrogens is 390 g/mol. The predicted molar refractivity (Wildman–Crippen MR) is 117 cm³/mol. The van der Waals surface area contributed by atoms with Crippen LogP contribution in [0.1, 0.15) is 27.3 Å². The lowest BCUT2D eigenvalue weighted by molar-refractivity contribution is -0.127. The van der Waals surface area contributed by atoms with E-state index in [1.165, 1.54) is 11.1 Å². The van der Waals surface area contributed by atoms with Crippen molar-refractivity contribution in [3.8, 4) is 5.69 Å². The molecule has 0 aliphatic carbocycles. The Bertz CT molecular complexity index is 1170. The SMILES string of the molecule is Cc1ccccc1CCN(Cc1ncc[nH]1)C(=O)C(=O)c1cnn(-c2ccccc2)c1. The highest BCUT2D eigenvalue weighted by Crippen LogP contribution is 2.13. The van der Waals surface area contributed by atoms with Gasteiger partial charge in [0.2, 0.25) is 0 Å². The van der Waals surface area contributed by atoms with E-state index in [1.54, 1.807) is 23.3 Å². The van der Waals surface area contributed by atoms with Gasteiger partial charge in [-0.05, 0) is 36.6 Å². The molecule has 0 spiro atoms. The predicted octanol–water partition coefficient (Wildman–Crippen LogP) is 3.36. The number of carbonyl (C=O) groups excluding carboxylic acids is 2. The molecule has 2 heterocycles. The third-order valence-corrected chi connectivity index (χ3v) is 5.15. The van der Waals surface area contributed by atoms with Gasteiger partial charge in [0.05, 0.1) is 24.0 Å². The van der Waals surface area contributed by atoms with Gasteiger partial charge >= 0.3 is 0 Å². The van der Waals surface area contributed by atoms with Gasteiger partial charge < -0.3 is 9.88 Å². The number of aryl methyl sites for hydroxylation is 1. The number of rotatable bonds is 8. The number of nitrogens with zero attached hydrogens (tertiary/aromatic N) is 4. The Kier molecular flexibility index (Phi) is 6.03. The molecule has 0 saturated carbocycles. The zero-order chi connectivity index (χ0) is 21.6. The topological polar surface area (TPSA) is 83.9 Å². The van der Waals surface area contributed by atoms with E-state index in [9.17, 15) is 9.59 Å². The molecule has 0 bridgehead atoms. The van der Waals surface area contributed by atoms with Gasteiger partial charge in [0.1, 0.15) is 5.82 Å². The molecule has 0 fully saturated rings. The number of aromatic amines is 1. The molecule has 1 amide bonds. The first-order chi connectivity index (χ1) is 15.1. The minimum absolute atomic E-state index is 0.232. The maximum Gasteiger partial charge on any atom is 0.295 e. The molecule has 0 unspecified atom stereocenters. The molecule has 31 heavy (non-hydrogen) atoms. The van der Waals surface area contributed by atoms with Crippen molar-refractivity contribution in [3.05, 3.63) is 102 Å². The molecule has 156 valence electrons. The summed E-state index contributed by atoms with van der Waals surface area (Å²) in [5, 5.41) is 4.24. The number of carbonyl (C=O) groups is 2. The van der Waals surface area contributed by atoms with E-state index in [4.69, 9.17) is 0 Å². The van der Waals surface area contributed by atoms with Crippen LogP contribution in [-0.4, -0.2) is 42.9 Å².